The molecule has 0 aliphatic carbocycles. The summed E-state index contributed by atoms with van der Waals surface area (Å²) < 4.78 is 5.29. The van der Waals surface area contributed by atoms with Crippen molar-refractivity contribution >= 4 is 11.9 Å². The van der Waals surface area contributed by atoms with Gasteiger partial charge >= 0.3 is 11.9 Å². The van der Waals surface area contributed by atoms with Crippen molar-refractivity contribution in [3.63, 3.8) is 0 Å². The third-order valence-electron chi connectivity index (χ3n) is 3.57. The van der Waals surface area contributed by atoms with Crippen LogP contribution in [-0.4, -0.2) is 22.6 Å². The lowest BCUT2D eigenvalue weighted by Crippen LogP contribution is -2.34. The lowest BCUT2D eigenvalue weighted by Gasteiger charge is -2.25. The zero-order valence-electron chi connectivity index (χ0n) is 14.3. The fraction of sp³-hybridized carbons (Fsp3) is 0.882. The second kappa shape index (κ2) is 9.80. The summed E-state index contributed by atoms with van der Waals surface area (Å²) in [6, 6.07) is 0. The predicted octanol–water partition coefficient (Wildman–Crippen LogP) is 4.42. The number of carbonyl (C=O) groups excluding carboxylic acids is 1. The summed E-state index contributed by atoms with van der Waals surface area (Å²) in [5.41, 5.74) is -0.575. The highest BCUT2D eigenvalue weighted by Gasteiger charge is 2.32. The second-order valence-corrected chi connectivity index (χ2v) is 6.82. The third-order valence-corrected chi connectivity index (χ3v) is 3.57. The van der Waals surface area contributed by atoms with E-state index in [-0.39, 0.29) is 0 Å². The molecule has 0 aromatic rings. The number of carbonyl (C=O) groups is 2. The van der Waals surface area contributed by atoms with E-state index in [4.69, 9.17) is 4.74 Å². The van der Waals surface area contributed by atoms with Crippen molar-refractivity contribution in [1.82, 2.24) is 0 Å². The largest absolute Gasteiger partial charge is 0.481 e. The SMILES string of the molecule is CCCCCCCCC(C(=O)O)[C@@H](C)C(=O)OC(C)(C)C. The van der Waals surface area contributed by atoms with Crippen molar-refractivity contribution in [3.05, 3.63) is 0 Å². The molecule has 0 saturated heterocycles. The van der Waals surface area contributed by atoms with Crippen molar-refractivity contribution in [2.45, 2.75) is 85.2 Å². The molecule has 0 bridgehead atoms. The van der Waals surface area contributed by atoms with Crippen LogP contribution in [0.4, 0.5) is 0 Å². The van der Waals surface area contributed by atoms with E-state index in [2.05, 4.69) is 6.92 Å². The number of rotatable bonds is 10. The summed E-state index contributed by atoms with van der Waals surface area (Å²) in [4.78, 5) is 23.4. The predicted molar refractivity (Wildman–Crippen MR) is 84.1 cm³/mol. The maximum Gasteiger partial charge on any atom is 0.310 e. The monoisotopic (exact) mass is 300 g/mol. The zero-order chi connectivity index (χ0) is 16.5. The lowest BCUT2D eigenvalue weighted by atomic mass is 9.88. The molecular weight excluding hydrogens is 268 g/mol. The summed E-state index contributed by atoms with van der Waals surface area (Å²) in [5, 5.41) is 9.32. The van der Waals surface area contributed by atoms with E-state index in [1.807, 2.05) is 0 Å². The minimum atomic E-state index is -0.901. The Labute approximate surface area is 129 Å². The number of aliphatic carboxylic acids is 1. The normalized spacial score (nSPS) is 14.5. The molecule has 2 atom stereocenters. The van der Waals surface area contributed by atoms with Gasteiger partial charge in [-0.2, -0.15) is 0 Å². The lowest BCUT2D eigenvalue weighted by molar-refractivity contribution is -0.166. The Kier molecular flexibility index (Phi) is 9.31. The first-order valence-corrected chi connectivity index (χ1v) is 8.14. The quantitative estimate of drug-likeness (QED) is 0.479. The molecule has 0 rings (SSSR count). The van der Waals surface area contributed by atoms with Gasteiger partial charge in [0.05, 0.1) is 11.8 Å². The third kappa shape index (κ3) is 9.48. The van der Waals surface area contributed by atoms with Gasteiger partial charge < -0.3 is 9.84 Å². The number of ether oxygens (including phenoxy) is 1. The Morgan fingerprint density at radius 3 is 2.05 bits per heavy atom. The standard InChI is InChI=1S/C17H32O4/c1-6-7-8-9-10-11-12-14(15(18)19)13(2)16(20)21-17(3,4)5/h13-14H,6-12H2,1-5H3,(H,18,19)/t13-,14?/m1/s1. The average molecular weight is 300 g/mol. The Morgan fingerprint density at radius 2 is 1.57 bits per heavy atom. The molecule has 4 nitrogen and oxygen atoms in total. The van der Waals surface area contributed by atoms with E-state index in [9.17, 15) is 14.7 Å². The van der Waals surface area contributed by atoms with Gasteiger partial charge in [-0.25, -0.2) is 0 Å². The molecule has 0 fully saturated rings. The zero-order valence-corrected chi connectivity index (χ0v) is 14.3. The molecule has 0 amide bonds. The van der Waals surface area contributed by atoms with Crippen molar-refractivity contribution < 1.29 is 19.4 Å². The summed E-state index contributed by atoms with van der Waals surface area (Å²) in [6.45, 7) is 9.20. The Bertz CT molecular complexity index is 317. The Morgan fingerprint density at radius 1 is 1.05 bits per heavy atom. The number of unbranched alkanes of at least 4 members (excludes halogenated alkanes) is 5. The molecule has 0 saturated carbocycles. The average Bonchev–Trinajstić information content (AvgIpc) is 2.34. The van der Waals surface area contributed by atoms with E-state index in [0.717, 1.165) is 19.3 Å². The minimum absolute atomic E-state index is 0.416. The van der Waals surface area contributed by atoms with Crippen LogP contribution in [0.15, 0.2) is 0 Å². The van der Waals surface area contributed by atoms with Gasteiger partial charge in [0.25, 0.3) is 0 Å². The topological polar surface area (TPSA) is 63.6 Å². The number of hydrogen-bond donors (Lipinski definition) is 1. The smallest absolute Gasteiger partial charge is 0.310 e. The van der Waals surface area contributed by atoms with Gasteiger partial charge in [0.1, 0.15) is 5.60 Å². The van der Waals surface area contributed by atoms with Crippen LogP contribution in [0.2, 0.25) is 0 Å². The number of carboxylic acids is 1. The van der Waals surface area contributed by atoms with Crippen LogP contribution in [0.5, 0.6) is 0 Å². The van der Waals surface area contributed by atoms with E-state index in [0.29, 0.717) is 6.42 Å². The highest BCUT2D eigenvalue weighted by molar-refractivity contribution is 5.80. The molecule has 0 aromatic heterocycles. The fourth-order valence-electron chi connectivity index (χ4n) is 2.29. The Hall–Kier alpha value is -1.06. The van der Waals surface area contributed by atoms with Gasteiger partial charge in [-0.3, -0.25) is 9.59 Å². The van der Waals surface area contributed by atoms with Crippen LogP contribution in [-0.2, 0) is 14.3 Å². The second-order valence-electron chi connectivity index (χ2n) is 6.82. The van der Waals surface area contributed by atoms with E-state index >= 15 is 0 Å². The molecule has 0 aliphatic heterocycles. The van der Waals surface area contributed by atoms with Crippen LogP contribution in [0.3, 0.4) is 0 Å². The van der Waals surface area contributed by atoms with Gasteiger partial charge in [-0.05, 0) is 27.2 Å². The molecule has 1 unspecified atom stereocenters. The van der Waals surface area contributed by atoms with Crippen molar-refractivity contribution in [2.75, 3.05) is 0 Å². The van der Waals surface area contributed by atoms with Crippen molar-refractivity contribution in [3.8, 4) is 0 Å². The van der Waals surface area contributed by atoms with Crippen LogP contribution >= 0.6 is 0 Å². The van der Waals surface area contributed by atoms with Crippen molar-refractivity contribution in [2.24, 2.45) is 11.8 Å². The molecule has 4 heteroatoms. The van der Waals surface area contributed by atoms with Gasteiger partial charge in [0.2, 0.25) is 0 Å². The number of esters is 1. The van der Waals surface area contributed by atoms with Gasteiger partial charge in [-0.15, -0.1) is 0 Å². The van der Waals surface area contributed by atoms with Crippen LogP contribution in [0, 0.1) is 11.8 Å². The first-order chi connectivity index (χ1) is 9.69. The summed E-state index contributed by atoms with van der Waals surface area (Å²) in [6.07, 6.45) is 7.21. The summed E-state index contributed by atoms with van der Waals surface area (Å²) in [7, 11) is 0. The maximum absolute atomic E-state index is 12.0. The summed E-state index contributed by atoms with van der Waals surface area (Å²) in [5.74, 6) is -2.56. The summed E-state index contributed by atoms with van der Waals surface area (Å²) >= 11 is 0. The molecular formula is C17H32O4. The first-order valence-electron chi connectivity index (χ1n) is 8.14. The molecule has 1 N–H and O–H groups in total. The Balaban J connectivity index is 4.28. The van der Waals surface area contributed by atoms with Crippen molar-refractivity contribution in [1.29, 1.82) is 0 Å². The molecule has 0 radical (unpaired) electrons. The molecule has 0 heterocycles. The van der Waals surface area contributed by atoms with E-state index in [1.165, 1.54) is 19.3 Å². The number of hydrogen-bond acceptors (Lipinski definition) is 3. The maximum atomic E-state index is 12.0. The van der Waals surface area contributed by atoms with Crippen LogP contribution in [0.1, 0.15) is 79.6 Å². The van der Waals surface area contributed by atoms with E-state index < -0.39 is 29.4 Å². The fourth-order valence-corrected chi connectivity index (χ4v) is 2.29. The van der Waals surface area contributed by atoms with Crippen LogP contribution < -0.4 is 0 Å². The highest BCUT2D eigenvalue weighted by Crippen LogP contribution is 2.23. The van der Waals surface area contributed by atoms with Gasteiger partial charge in [-0.1, -0.05) is 52.4 Å². The number of carboxylic acid groups (broad SMARTS) is 1. The van der Waals surface area contributed by atoms with E-state index in [1.54, 1.807) is 27.7 Å². The first kappa shape index (κ1) is 19.9. The van der Waals surface area contributed by atoms with Gasteiger partial charge in [0, 0.05) is 0 Å². The molecule has 0 aliphatic rings. The molecule has 0 spiro atoms. The molecule has 21 heavy (non-hydrogen) atoms. The van der Waals surface area contributed by atoms with Gasteiger partial charge in [0.15, 0.2) is 0 Å². The highest BCUT2D eigenvalue weighted by atomic mass is 16.6. The molecule has 124 valence electrons. The molecule has 0 aromatic carbocycles. The van der Waals surface area contributed by atoms with Crippen LogP contribution in [0.25, 0.3) is 0 Å². The minimum Gasteiger partial charge on any atom is -0.481 e.